The van der Waals surface area contributed by atoms with E-state index in [9.17, 15) is 13.2 Å². The monoisotopic (exact) mass is 413 g/mol. The zero-order valence-corrected chi connectivity index (χ0v) is 16.1. The Balaban J connectivity index is 0.00000441. The maximum Gasteiger partial charge on any atom is 0.251 e. The van der Waals surface area contributed by atoms with E-state index in [1.165, 1.54) is 32.3 Å². The highest BCUT2D eigenvalue weighted by atomic mass is 79.9. The first-order chi connectivity index (χ1) is 9.70. The molecule has 9 heteroatoms. The van der Waals surface area contributed by atoms with E-state index in [1.807, 2.05) is 14.0 Å². The van der Waals surface area contributed by atoms with E-state index in [0.717, 1.165) is 4.31 Å². The average molecular weight is 415 g/mol. The Morgan fingerprint density at radius 1 is 1.36 bits per heavy atom. The lowest BCUT2D eigenvalue weighted by molar-refractivity contribution is 0.0950. The van der Waals surface area contributed by atoms with Crippen molar-refractivity contribution < 1.29 is 13.2 Å². The topological polar surface area (TPSA) is 78.5 Å². The van der Waals surface area contributed by atoms with Crippen molar-refractivity contribution in [3.63, 3.8) is 0 Å². The van der Waals surface area contributed by atoms with Gasteiger partial charge >= 0.3 is 0 Å². The van der Waals surface area contributed by atoms with Gasteiger partial charge < -0.3 is 10.6 Å². The fourth-order valence-corrected chi connectivity index (χ4v) is 3.43. The summed E-state index contributed by atoms with van der Waals surface area (Å²) in [5.41, 5.74) is 0.405. The highest BCUT2D eigenvalue weighted by molar-refractivity contribution is 9.10. The number of benzene rings is 1. The molecule has 0 aromatic heterocycles. The van der Waals surface area contributed by atoms with E-state index in [0.29, 0.717) is 16.6 Å². The van der Waals surface area contributed by atoms with Gasteiger partial charge in [0, 0.05) is 36.7 Å². The van der Waals surface area contributed by atoms with Crippen LogP contribution in [-0.4, -0.2) is 52.4 Å². The molecule has 0 aliphatic carbocycles. The maximum atomic E-state index is 12.1. The number of hydrogen-bond acceptors (Lipinski definition) is 4. The number of likely N-dealkylation sites (N-methyl/N-ethyl adjacent to an activating group) is 1. The molecule has 1 aromatic rings. The molecule has 0 radical (unpaired) electrons. The lowest BCUT2D eigenvalue weighted by atomic mass is 10.2. The van der Waals surface area contributed by atoms with Gasteiger partial charge in [-0.2, -0.15) is 0 Å². The Kier molecular flexibility index (Phi) is 8.56. The van der Waals surface area contributed by atoms with Gasteiger partial charge in [0.05, 0.1) is 4.90 Å². The Hall–Kier alpha value is -0.670. The van der Waals surface area contributed by atoms with Gasteiger partial charge in [0.15, 0.2) is 0 Å². The lowest BCUT2D eigenvalue weighted by Gasteiger charge is -2.14. The van der Waals surface area contributed by atoms with Crippen LogP contribution >= 0.6 is 28.3 Å². The van der Waals surface area contributed by atoms with Crippen molar-refractivity contribution in [1.29, 1.82) is 0 Å². The van der Waals surface area contributed by atoms with Gasteiger partial charge in [-0.05, 0) is 48.1 Å². The van der Waals surface area contributed by atoms with Crippen molar-refractivity contribution >= 4 is 44.3 Å². The standard InChI is InChI=1S/C13H20BrN3O3S.ClH/c1-9(15-2)8-16-13(18)10-5-6-12(11(14)7-10)21(19,20)17(3)4;/h5-7,9,15H,8H2,1-4H3,(H,16,18);1H. The molecule has 6 nitrogen and oxygen atoms in total. The number of nitrogens with zero attached hydrogens (tertiary/aromatic N) is 1. The molecule has 0 saturated heterocycles. The first kappa shape index (κ1) is 21.3. The summed E-state index contributed by atoms with van der Waals surface area (Å²) in [4.78, 5) is 12.1. The molecule has 0 saturated carbocycles. The van der Waals surface area contributed by atoms with E-state index in [-0.39, 0.29) is 29.3 Å². The van der Waals surface area contributed by atoms with Gasteiger partial charge in [-0.25, -0.2) is 12.7 Å². The van der Waals surface area contributed by atoms with Crippen molar-refractivity contribution in [2.45, 2.75) is 17.9 Å². The Morgan fingerprint density at radius 2 is 1.95 bits per heavy atom. The van der Waals surface area contributed by atoms with Gasteiger partial charge in [0.1, 0.15) is 0 Å². The van der Waals surface area contributed by atoms with Crippen LogP contribution in [0.1, 0.15) is 17.3 Å². The van der Waals surface area contributed by atoms with E-state index in [1.54, 1.807) is 0 Å². The smallest absolute Gasteiger partial charge is 0.251 e. The van der Waals surface area contributed by atoms with Crippen LogP contribution in [0.5, 0.6) is 0 Å². The predicted molar refractivity (Wildman–Crippen MR) is 93.1 cm³/mol. The quantitative estimate of drug-likeness (QED) is 0.739. The molecule has 1 unspecified atom stereocenters. The molecular weight excluding hydrogens is 394 g/mol. The minimum Gasteiger partial charge on any atom is -0.350 e. The molecular formula is C13H21BrClN3O3S. The molecule has 1 aromatic carbocycles. The van der Waals surface area contributed by atoms with Gasteiger partial charge in [-0.3, -0.25) is 4.79 Å². The molecule has 0 aliphatic rings. The van der Waals surface area contributed by atoms with Crippen LogP contribution in [-0.2, 0) is 10.0 Å². The highest BCUT2D eigenvalue weighted by Crippen LogP contribution is 2.25. The number of nitrogens with one attached hydrogen (secondary N) is 2. The molecule has 0 fully saturated rings. The minimum atomic E-state index is -3.53. The second-order valence-electron chi connectivity index (χ2n) is 4.83. The fourth-order valence-electron chi connectivity index (χ4n) is 1.50. The minimum absolute atomic E-state index is 0. The maximum absolute atomic E-state index is 12.1. The third kappa shape index (κ3) is 5.20. The summed E-state index contributed by atoms with van der Waals surface area (Å²) in [6.07, 6.45) is 0. The molecule has 1 rings (SSSR count). The van der Waals surface area contributed by atoms with E-state index < -0.39 is 10.0 Å². The lowest BCUT2D eigenvalue weighted by Crippen LogP contribution is -2.37. The number of amides is 1. The average Bonchev–Trinajstić information content (AvgIpc) is 2.43. The molecule has 0 heterocycles. The van der Waals surface area contributed by atoms with E-state index in [4.69, 9.17) is 0 Å². The summed E-state index contributed by atoms with van der Waals surface area (Å²) in [7, 11) is 1.20. The summed E-state index contributed by atoms with van der Waals surface area (Å²) < 4.78 is 25.6. The van der Waals surface area contributed by atoms with Crippen LogP contribution in [0.25, 0.3) is 0 Å². The second-order valence-corrected chi connectivity index (χ2v) is 7.81. The summed E-state index contributed by atoms with van der Waals surface area (Å²) in [6.45, 7) is 2.44. The molecule has 0 bridgehead atoms. The Labute approximate surface area is 146 Å². The van der Waals surface area contributed by atoms with Crippen LogP contribution in [0.4, 0.5) is 0 Å². The number of carbonyl (C=O) groups excluding carboxylic acids is 1. The predicted octanol–water partition coefficient (Wildman–Crippen LogP) is 1.46. The van der Waals surface area contributed by atoms with Crippen molar-refractivity contribution in [2.75, 3.05) is 27.7 Å². The van der Waals surface area contributed by atoms with Crippen LogP contribution in [0.15, 0.2) is 27.6 Å². The van der Waals surface area contributed by atoms with Crippen LogP contribution in [0.3, 0.4) is 0 Å². The third-order valence-electron chi connectivity index (χ3n) is 3.01. The van der Waals surface area contributed by atoms with Gasteiger partial charge in [0.25, 0.3) is 5.91 Å². The summed E-state index contributed by atoms with van der Waals surface area (Å²) in [6, 6.07) is 4.59. The summed E-state index contributed by atoms with van der Waals surface area (Å²) in [5, 5.41) is 5.79. The molecule has 0 aliphatic heterocycles. The number of sulfonamides is 1. The summed E-state index contributed by atoms with van der Waals surface area (Å²) in [5.74, 6) is -0.244. The SMILES string of the molecule is CNC(C)CNC(=O)c1ccc(S(=O)(=O)N(C)C)c(Br)c1.Cl. The fraction of sp³-hybridized carbons (Fsp3) is 0.462. The molecule has 1 amide bonds. The van der Waals surface area contributed by atoms with Crippen LogP contribution in [0.2, 0.25) is 0 Å². The number of halogens is 2. The largest absolute Gasteiger partial charge is 0.350 e. The third-order valence-corrected chi connectivity index (χ3v) is 5.81. The first-order valence-corrected chi connectivity index (χ1v) is 8.61. The summed E-state index contributed by atoms with van der Waals surface area (Å²) >= 11 is 3.22. The second kappa shape index (κ2) is 8.83. The molecule has 0 spiro atoms. The zero-order chi connectivity index (χ0) is 16.2. The van der Waals surface area contributed by atoms with Crippen LogP contribution in [0, 0.1) is 0 Å². The Bertz CT molecular complexity index is 623. The molecule has 2 N–H and O–H groups in total. The van der Waals surface area contributed by atoms with Gasteiger partial charge in [-0.15, -0.1) is 12.4 Å². The van der Waals surface area contributed by atoms with Crippen molar-refractivity contribution in [3.05, 3.63) is 28.2 Å². The number of carbonyl (C=O) groups is 1. The molecule has 1 atom stereocenters. The molecule has 126 valence electrons. The highest BCUT2D eigenvalue weighted by Gasteiger charge is 2.21. The number of hydrogen-bond donors (Lipinski definition) is 2. The molecule has 22 heavy (non-hydrogen) atoms. The van der Waals surface area contributed by atoms with Gasteiger partial charge in [-0.1, -0.05) is 0 Å². The van der Waals surface area contributed by atoms with Crippen molar-refractivity contribution in [1.82, 2.24) is 14.9 Å². The van der Waals surface area contributed by atoms with E-state index in [2.05, 4.69) is 26.6 Å². The first-order valence-electron chi connectivity index (χ1n) is 6.37. The van der Waals surface area contributed by atoms with E-state index >= 15 is 0 Å². The zero-order valence-electron chi connectivity index (χ0n) is 12.9. The van der Waals surface area contributed by atoms with Gasteiger partial charge in [0.2, 0.25) is 10.0 Å². The normalized spacial score (nSPS) is 12.6. The number of rotatable bonds is 6. The van der Waals surface area contributed by atoms with Crippen LogP contribution < -0.4 is 10.6 Å². The van der Waals surface area contributed by atoms with Crippen molar-refractivity contribution in [3.8, 4) is 0 Å². The Morgan fingerprint density at radius 3 is 2.41 bits per heavy atom. The van der Waals surface area contributed by atoms with Crippen molar-refractivity contribution in [2.24, 2.45) is 0 Å².